The van der Waals surface area contributed by atoms with Gasteiger partial charge in [0.15, 0.2) is 0 Å². The van der Waals surface area contributed by atoms with E-state index in [0.29, 0.717) is 30.7 Å². The first-order valence-electron chi connectivity index (χ1n) is 14.5. The molecule has 1 aliphatic heterocycles. The molecule has 7 heteroatoms. The number of carboxylic acids is 1. The summed E-state index contributed by atoms with van der Waals surface area (Å²) in [5, 5.41) is 12.1. The van der Waals surface area contributed by atoms with Crippen molar-refractivity contribution in [3.8, 4) is 0 Å². The maximum atomic E-state index is 13.4. The number of carboxylic acid groups (broad SMARTS) is 1. The fourth-order valence-corrected chi connectivity index (χ4v) is 6.04. The van der Waals surface area contributed by atoms with E-state index in [2.05, 4.69) is 44.5 Å². The number of hydrogen-bond donors (Lipinski definition) is 2. The molecule has 0 bridgehead atoms. The summed E-state index contributed by atoms with van der Waals surface area (Å²) in [6.45, 7) is 12.0. The summed E-state index contributed by atoms with van der Waals surface area (Å²) in [6.07, 6.45) is 12.0. The van der Waals surface area contributed by atoms with E-state index in [1.54, 1.807) is 6.20 Å². The zero-order valence-electron chi connectivity index (χ0n) is 23.8. The number of nitrogens with one attached hydrogen (secondary N) is 1. The highest BCUT2D eigenvalue weighted by Gasteiger charge is 2.47. The van der Waals surface area contributed by atoms with E-state index in [1.807, 2.05) is 6.07 Å². The highest BCUT2D eigenvalue weighted by Crippen LogP contribution is 2.51. The second-order valence-corrected chi connectivity index (χ2v) is 13.5. The Morgan fingerprint density at radius 2 is 1.84 bits per heavy atom. The fraction of sp³-hybridized carbons (Fsp3) is 0.677. The monoisotopic (exact) mass is 520 g/mol. The van der Waals surface area contributed by atoms with Crippen molar-refractivity contribution in [2.24, 2.45) is 32.7 Å². The Kier molecular flexibility index (Phi) is 7.16. The number of hydrogen-bond acceptors (Lipinski definition) is 4. The molecule has 1 aromatic heterocycles. The van der Waals surface area contributed by atoms with Gasteiger partial charge in [0.2, 0.25) is 0 Å². The standard InChI is InChI=1S/C31H44N4O3/c1-19-23(27(36)32-17-21-13-22(14-21)28(37)38)15-25(35(19)18-20-9-7-6-8-10-20)24-16-26(30(2,3)4)34-29(33-24)31(5)11-12-31/h15,17,20,22,29H,6-14,16,18H2,1-5H3,(H,32,36)(H,37,38). The van der Waals surface area contributed by atoms with Crippen molar-refractivity contribution in [1.82, 2.24) is 9.88 Å². The molecule has 1 aromatic rings. The number of carbonyl (C=O) groups excluding carboxylic acids is 1. The number of amides is 1. The summed E-state index contributed by atoms with van der Waals surface area (Å²) in [7, 11) is 0. The van der Waals surface area contributed by atoms with Crippen LogP contribution < -0.4 is 5.32 Å². The molecule has 5 rings (SSSR count). The van der Waals surface area contributed by atoms with Crippen molar-refractivity contribution in [2.45, 2.75) is 112 Å². The molecule has 3 fully saturated rings. The predicted molar refractivity (Wildman–Crippen MR) is 151 cm³/mol. The zero-order chi connectivity index (χ0) is 27.2. The van der Waals surface area contributed by atoms with E-state index in [9.17, 15) is 9.59 Å². The minimum atomic E-state index is -0.765. The van der Waals surface area contributed by atoms with Crippen LogP contribution in [0.25, 0.3) is 0 Å². The molecular weight excluding hydrogens is 476 g/mol. The van der Waals surface area contributed by atoms with Crippen LogP contribution in [0.1, 0.15) is 114 Å². The minimum absolute atomic E-state index is 0.0382. The molecule has 1 amide bonds. The van der Waals surface area contributed by atoms with E-state index in [-0.39, 0.29) is 28.8 Å². The van der Waals surface area contributed by atoms with Crippen molar-refractivity contribution in [3.63, 3.8) is 0 Å². The first-order valence-corrected chi connectivity index (χ1v) is 14.5. The van der Waals surface area contributed by atoms with Gasteiger partial charge in [-0.1, -0.05) is 52.5 Å². The van der Waals surface area contributed by atoms with Gasteiger partial charge in [-0.25, -0.2) is 0 Å². The summed E-state index contributed by atoms with van der Waals surface area (Å²) >= 11 is 0. The molecule has 38 heavy (non-hydrogen) atoms. The van der Waals surface area contributed by atoms with Gasteiger partial charge in [0.1, 0.15) is 6.17 Å². The molecule has 7 nitrogen and oxygen atoms in total. The molecule has 3 saturated carbocycles. The molecule has 0 aromatic carbocycles. The Hall–Kier alpha value is -2.70. The van der Waals surface area contributed by atoms with Crippen LogP contribution in [0, 0.1) is 29.6 Å². The van der Waals surface area contributed by atoms with E-state index in [0.717, 1.165) is 42.1 Å². The molecular formula is C31H44N4O3. The lowest BCUT2D eigenvalue weighted by Gasteiger charge is -2.31. The second-order valence-electron chi connectivity index (χ2n) is 13.5. The topological polar surface area (TPSA) is 96.1 Å². The van der Waals surface area contributed by atoms with E-state index >= 15 is 0 Å². The lowest BCUT2D eigenvalue weighted by atomic mass is 9.81. The van der Waals surface area contributed by atoms with Gasteiger partial charge in [0.05, 0.1) is 22.9 Å². The van der Waals surface area contributed by atoms with Gasteiger partial charge in [0, 0.05) is 41.4 Å². The average molecular weight is 521 g/mol. The summed E-state index contributed by atoms with van der Waals surface area (Å²) in [5.74, 6) is -0.610. The van der Waals surface area contributed by atoms with Crippen molar-refractivity contribution >= 4 is 23.3 Å². The van der Waals surface area contributed by atoms with E-state index in [4.69, 9.17) is 15.1 Å². The third-order valence-electron chi connectivity index (χ3n) is 9.27. The molecule has 4 aliphatic rings. The lowest BCUT2D eigenvalue weighted by molar-refractivity contribution is -0.143. The molecule has 1 atom stereocenters. The van der Waals surface area contributed by atoms with Crippen LogP contribution in [0.4, 0.5) is 0 Å². The van der Waals surface area contributed by atoms with Crippen molar-refractivity contribution in [1.29, 1.82) is 0 Å². The smallest absolute Gasteiger partial charge is 0.307 e. The molecule has 206 valence electrons. The van der Waals surface area contributed by atoms with Gasteiger partial charge in [-0.3, -0.25) is 19.6 Å². The molecule has 2 heterocycles. The van der Waals surface area contributed by atoms with Crippen LogP contribution in [0.5, 0.6) is 0 Å². The van der Waals surface area contributed by atoms with E-state index < -0.39 is 5.97 Å². The van der Waals surface area contributed by atoms with Gasteiger partial charge < -0.3 is 15.0 Å². The Morgan fingerprint density at radius 3 is 2.45 bits per heavy atom. The highest BCUT2D eigenvalue weighted by atomic mass is 16.4. The number of rotatable bonds is 7. The third-order valence-corrected chi connectivity index (χ3v) is 9.27. The Balaban J connectivity index is 1.46. The van der Waals surface area contributed by atoms with Crippen LogP contribution in [-0.2, 0) is 11.3 Å². The van der Waals surface area contributed by atoms with Crippen molar-refractivity contribution in [3.05, 3.63) is 34.8 Å². The van der Waals surface area contributed by atoms with Crippen LogP contribution in [0.2, 0.25) is 0 Å². The van der Waals surface area contributed by atoms with Crippen LogP contribution >= 0.6 is 0 Å². The number of nitrogens with zero attached hydrogens (tertiary/aromatic N) is 3. The number of allylic oxidation sites excluding steroid dienone is 1. The largest absolute Gasteiger partial charge is 0.481 e. The molecule has 1 unspecified atom stereocenters. The van der Waals surface area contributed by atoms with Crippen molar-refractivity contribution in [2.75, 3.05) is 0 Å². The molecule has 3 aliphatic carbocycles. The number of aliphatic carboxylic acids is 1. The number of aliphatic imine (C=N–C) groups is 2. The van der Waals surface area contributed by atoms with Gasteiger partial charge in [-0.2, -0.15) is 0 Å². The Labute approximate surface area is 226 Å². The predicted octanol–water partition coefficient (Wildman–Crippen LogP) is 6.29. The molecule has 2 N–H and O–H groups in total. The first-order chi connectivity index (χ1) is 17.9. The minimum Gasteiger partial charge on any atom is -0.481 e. The number of aromatic nitrogens is 1. The maximum Gasteiger partial charge on any atom is 0.307 e. The summed E-state index contributed by atoms with van der Waals surface area (Å²) in [5.41, 5.74) is 6.05. The van der Waals surface area contributed by atoms with Gasteiger partial charge in [-0.05, 0) is 57.4 Å². The second kappa shape index (κ2) is 10.1. The molecule has 0 radical (unpaired) electrons. The van der Waals surface area contributed by atoms with Crippen LogP contribution in [-0.4, -0.2) is 39.1 Å². The highest BCUT2D eigenvalue weighted by molar-refractivity contribution is 6.15. The molecule has 0 spiro atoms. The Bertz CT molecular complexity index is 1190. The molecule has 0 saturated heterocycles. The van der Waals surface area contributed by atoms with Crippen LogP contribution in [0.3, 0.4) is 0 Å². The van der Waals surface area contributed by atoms with Crippen molar-refractivity contribution < 1.29 is 14.7 Å². The normalized spacial score (nSPS) is 25.2. The third kappa shape index (κ3) is 5.52. The average Bonchev–Trinajstić information content (AvgIpc) is 3.52. The maximum absolute atomic E-state index is 13.4. The van der Waals surface area contributed by atoms with Gasteiger partial charge in [-0.15, -0.1) is 0 Å². The lowest BCUT2D eigenvalue weighted by Crippen LogP contribution is -2.33. The van der Waals surface area contributed by atoms with Gasteiger partial charge >= 0.3 is 5.97 Å². The fourth-order valence-electron chi connectivity index (χ4n) is 6.04. The summed E-state index contributed by atoms with van der Waals surface area (Å²) < 4.78 is 2.36. The number of carbonyl (C=O) groups is 2. The quantitative estimate of drug-likeness (QED) is 0.442. The van der Waals surface area contributed by atoms with E-state index in [1.165, 1.54) is 37.8 Å². The SMILES string of the molecule is Cc1c(C(=O)NC=C2CC(C(=O)O)C2)cc(C2=NC(C3(C)CC3)N=C(C(C)(C)C)C2)n1CC1CCCCC1. The summed E-state index contributed by atoms with van der Waals surface area (Å²) in [4.78, 5) is 34.9. The summed E-state index contributed by atoms with van der Waals surface area (Å²) in [6, 6.07) is 2.05. The first kappa shape index (κ1) is 26.9. The zero-order valence-corrected chi connectivity index (χ0v) is 23.8. The van der Waals surface area contributed by atoms with Gasteiger partial charge in [0.25, 0.3) is 5.91 Å². The Morgan fingerprint density at radius 1 is 1.16 bits per heavy atom. The van der Waals surface area contributed by atoms with Crippen LogP contribution in [0.15, 0.2) is 27.8 Å².